The molecule has 2 heterocycles. The minimum absolute atomic E-state index is 0.0141. The summed E-state index contributed by atoms with van der Waals surface area (Å²) in [6.07, 6.45) is 1.82. The summed E-state index contributed by atoms with van der Waals surface area (Å²) >= 11 is 0. The smallest absolute Gasteiger partial charge is 0.226 e. The summed E-state index contributed by atoms with van der Waals surface area (Å²) in [6.45, 7) is 2.61. The Kier molecular flexibility index (Phi) is 5.64. The predicted molar refractivity (Wildman–Crippen MR) is 94.3 cm³/mol. The van der Waals surface area contributed by atoms with Gasteiger partial charge < -0.3 is 14.5 Å². The molecule has 26 heavy (non-hydrogen) atoms. The van der Waals surface area contributed by atoms with Crippen LogP contribution < -0.4 is 9.64 Å². The van der Waals surface area contributed by atoms with Crippen molar-refractivity contribution in [2.24, 2.45) is 0 Å². The Morgan fingerprint density at radius 3 is 2.73 bits per heavy atom. The van der Waals surface area contributed by atoms with Gasteiger partial charge in [-0.25, -0.2) is 9.37 Å². The number of rotatable bonds is 5. The van der Waals surface area contributed by atoms with Crippen LogP contribution in [0.25, 0.3) is 0 Å². The standard InChI is InChI=1S/C19H19FN4O2/c20-16-3-1-2-4-17(16)26-12-6-19(25)24-10-8-23(9-11-24)18-13-15(14-21)5-7-22-18/h1-5,7,13H,6,8-12H2. The molecule has 0 atom stereocenters. The first-order valence-electron chi connectivity index (χ1n) is 8.43. The summed E-state index contributed by atoms with van der Waals surface area (Å²) in [5.41, 5.74) is 0.568. The van der Waals surface area contributed by atoms with Crippen molar-refractivity contribution < 1.29 is 13.9 Å². The number of nitrogens with zero attached hydrogens (tertiary/aromatic N) is 4. The zero-order valence-corrected chi connectivity index (χ0v) is 14.3. The van der Waals surface area contributed by atoms with E-state index in [0.29, 0.717) is 31.7 Å². The van der Waals surface area contributed by atoms with E-state index in [-0.39, 0.29) is 24.7 Å². The summed E-state index contributed by atoms with van der Waals surface area (Å²) in [5.74, 6) is 0.466. The average Bonchev–Trinajstić information content (AvgIpc) is 2.69. The molecule has 1 amide bonds. The lowest BCUT2D eigenvalue weighted by atomic mass is 10.2. The molecule has 0 unspecified atom stereocenters. The molecule has 1 saturated heterocycles. The lowest BCUT2D eigenvalue weighted by molar-refractivity contribution is -0.132. The number of hydrogen-bond acceptors (Lipinski definition) is 5. The number of para-hydroxylation sites is 1. The zero-order chi connectivity index (χ0) is 18.4. The molecule has 0 spiro atoms. The zero-order valence-electron chi connectivity index (χ0n) is 14.3. The Labute approximate surface area is 151 Å². The molecule has 1 aromatic carbocycles. The van der Waals surface area contributed by atoms with Crippen LogP contribution in [0.5, 0.6) is 5.75 Å². The van der Waals surface area contributed by atoms with Crippen molar-refractivity contribution in [3.8, 4) is 11.8 Å². The Morgan fingerprint density at radius 2 is 2.00 bits per heavy atom. The molecule has 2 aromatic rings. The van der Waals surface area contributed by atoms with E-state index in [0.717, 1.165) is 5.82 Å². The highest BCUT2D eigenvalue weighted by molar-refractivity contribution is 5.76. The van der Waals surface area contributed by atoms with Crippen LogP contribution in [0.1, 0.15) is 12.0 Å². The van der Waals surface area contributed by atoms with Gasteiger partial charge in [-0.2, -0.15) is 5.26 Å². The Balaban J connectivity index is 1.46. The molecular weight excluding hydrogens is 335 g/mol. The molecule has 0 saturated carbocycles. The summed E-state index contributed by atoms with van der Waals surface area (Å²) in [7, 11) is 0. The van der Waals surface area contributed by atoms with Gasteiger partial charge in [0.1, 0.15) is 5.82 Å². The van der Waals surface area contributed by atoms with Crippen LogP contribution >= 0.6 is 0 Å². The second-order valence-electron chi connectivity index (χ2n) is 5.91. The first-order valence-corrected chi connectivity index (χ1v) is 8.43. The van der Waals surface area contributed by atoms with E-state index in [1.165, 1.54) is 6.07 Å². The van der Waals surface area contributed by atoms with Gasteiger partial charge in [0.2, 0.25) is 5.91 Å². The van der Waals surface area contributed by atoms with Crippen molar-refractivity contribution in [2.45, 2.75) is 6.42 Å². The molecule has 1 aromatic heterocycles. The molecular formula is C19H19FN4O2. The summed E-state index contributed by atoms with van der Waals surface area (Å²) in [6, 6.07) is 11.7. The molecule has 1 aliphatic rings. The molecule has 6 nitrogen and oxygen atoms in total. The minimum Gasteiger partial charge on any atom is -0.490 e. The highest BCUT2D eigenvalue weighted by Gasteiger charge is 2.22. The number of carbonyl (C=O) groups is 1. The molecule has 0 radical (unpaired) electrons. The number of benzene rings is 1. The van der Waals surface area contributed by atoms with Gasteiger partial charge in [-0.05, 0) is 24.3 Å². The van der Waals surface area contributed by atoms with Gasteiger partial charge in [0.05, 0.1) is 24.7 Å². The fraction of sp³-hybridized carbons (Fsp3) is 0.316. The summed E-state index contributed by atoms with van der Waals surface area (Å²) < 4.78 is 18.8. The molecule has 0 aliphatic carbocycles. The first-order chi connectivity index (χ1) is 12.7. The average molecular weight is 354 g/mol. The van der Waals surface area contributed by atoms with Crippen molar-refractivity contribution >= 4 is 11.7 Å². The van der Waals surface area contributed by atoms with Crippen LogP contribution in [-0.4, -0.2) is 48.6 Å². The van der Waals surface area contributed by atoms with Gasteiger partial charge in [-0.15, -0.1) is 0 Å². The van der Waals surface area contributed by atoms with Crippen LogP contribution in [0, 0.1) is 17.1 Å². The largest absolute Gasteiger partial charge is 0.490 e. The van der Waals surface area contributed by atoms with Crippen molar-refractivity contribution in [3.63, 3.8) is 0 Å². The molecule has 3 rings (SSSR count). The number of aromatic nitrogens is 1. The normalized spacial score (nSPS) is 14.0. The fourth-order valence-corrected chi connectivity index (χ4v) is 2.81. The van der Waals surface area contributed by atoms with E-state index in [1.807, 2.05) is 0 Å². The molecule has 1 aliphatic heterocycles. The number of carbonyl (C=O) groups excluding carboxylic acids is 1. The number of anilines is 1. The van der Waals surface area contributed by atoms with E-state index in [2.05, 4.69) is 16.0 Å². The minimum atomic E-state index is -0.430. The van der Waals surface area contributed by atoms with Gasteiger partial charge in [0.25, 0.3) is 0 Å². The lowest BCUT2D eigenvalue weighted by Crippen LogP contribution is -2.49. The molecule has 1 fully saturated rings. The Bertz CT molecular complexity index is 813. The number of hydrogen-bond donors (Lipinski definition) is 0. The summed E-state index contributed by atoms with van der Waals surface area (Å²) in [4.78, 5) is 20.4. The second kappa shape index (κ2) is 8.30. The van der Waals surface area contributed by atoms with Gasteiger partial charge in [-0.3, -0.25) is 4.79 Å². The van der Waals surface area contributed by atoms with Crippen LogP contribution in [0.15, 0.2) is 42.6 Å². The molecule has 0 bridgehead atoms. The van der Waals surface area contributed by atoms with Crippen LogP contribution in [0.4, 0.5) is 10.2 Å². The van der Waals surface area contributed by atoms with Crippen molar-refractivity contribution in [3.05, 3.63) is 54.0 Å². The lowest BCUT2D eigenvalue weighted by Gasteiger charge is -2.35. The maximum Gasteiger partial charge on any atom is 0.226 e. The third-order valence-electron chi connectivity index (χ3n) is 4.24. The SMILES string of the molecule is N#Cc1ccnc(N2CCN(C(=O)CCOc3ccccc3F)CC2)c1. The topological polar surface area (TPSA) is 69.5 Å². The number of amides is 1. The predicted octanol–water partition coefficient (Wildman–Crippen LogP) is 2.21. The molecule has 0 N–H and O–H groups in total. The highest BCUT2D eigenvalue weighted by Crippen LogP contribution is 2.17. The van der Waals surface area contributed by atoms with Crippen molar-refractivity contribution in [1.29, 1.82) is 5.26 Å². The molecule has 7 heteroatoms. The number of pyridine rings is 1. The number of piperazine rings is 1. The van der Waals surface area contributed by atoms with Crippen LogP contribution in [0.3, 0.4) is 0 Å². The first kappa shape index (κ1) is 17.7. The van der Waals surface area contributed by atoms with E-state index >= 15 is 0 Å². The van der Waals surface area contributed by atoms with Crippen molar-refractivity contribution in [1.82, 2.24) is 9.88 Å². The maximum atomic E-state index is 13.5. The molecule has 134 valence electrons. The Hall–Kier alpha value is -3.14. The van der Waals surface area contributed by atoms with Gasteiger partial charge in [-0.1, -0.05) is 12.1 Å². The van der Waals surface area contributed by atoms with E-state index in [1.54, 1.807) is 41.4 Å². The van der Waals surface area contributed by atoms with Gasteiger partial charge in [0.15, 0.2) is 11.6 Å². The summed E-state index contributed by atoms with van der Waals surface area (Å²) in [5, 5.41) is 8.97. The Morgan fingerprint density at radius 1 is 1.23 bits per heavy atom. The number of ether oxygens (including phenoxy) is 1. The highest BCUT2D eigenvalue weighted by atomic mass is 19.1. The monoisotopic (exact) mass is 354 g/mol. The third-order valence-corrected chi connectivity index (χ3v) is 4.24. The van der Waals surface area contributed by atoms with Crippen LogP contribution in [-0.2, 0) is 4.79 Å². The van der Waals surface area contributed by atoms with Gasteiger partial charge in [0, 0.05) is 32.4 Å². The van der Waals surface area contributed by atoms with Crippen LogP contribution in [0.2, 0.25) is 0 Å². The van der Waals surface area contributed by atoms with Crippen molar-refractivity contribution in [2.75, 3.05) is 37.7 Å². The van der Waals surface area contributed by atoms with E-state index in [9.17, 15) is 9.18 Å². The number of nitriles is 1. The van der Waals surface area contributed by atoms with Gasteiger partial charge >= 0.3 is 0 Å². The second-order valence-corrected chi connectivity index (χ2v) is 5.91. The van der Waals surface area contributed by atoms with E-state index in [4.69, 9.17) is 10.00 Å². The van der Waals surface area contributed by atoms with E-state index < -0.39 is 5.82 Å². The fourth-order valence-electron chi connectivity index (χ4n) is 2.81. The number of halogens is 1. The third kappa shape index (κ3) is 4.28. The maximum absolute atomic E-state index is 13.5. The quantitative estimate of drug-likeness (QED) is 0.823.